The molecule has 2 aromatic carbocycles. The third-order valence-corrected chi connectivity index (χ3v) is 3.06. The molecule has 21 heavy (non-hydrogen) atoms. The highest BCUT2D eigenvalue weighted by atomic mass is 15.3. The maximum atomic E-state index is 4.49. The zero-order chi connectivity index (χ0) is 14.5. The summed E-state index contributed by atoms with van der Waals surface area (Å²) in [5.41, 5.74) is 1.97. The molecule has 0 unspecified atom stereocenters. The van der Waals surface area contributed by atoms with Gasteiger partial charge in [-0.3, -0.25) is 0 Å². The SMILES string of the molecule is CN(c1ccccc1)c1cnnc(Nc2ccccc2)n1. The summed E-state index contributed by atoms with van der Waals surface area (Å²) in [5, 5.41) is 11.2. The number of aromatic nitrogens is 3. The molecule has 0 spiro atoms. The Morgan fingerprint density at radius 3 is 2.29 bits per heavy atom. The van der Waals surface area contributed by atoms with E-state index in [-0.39, 0.29) is 0 Å². The summed E-state index contributed by atoms with van der Waals surface area (Å²) in [6, 6.07) is 19.8. The first-order valence-corrected chi connectivity index (χ1v) is 6.63. The summed E-state index contributed by atoms with van der Waals surface area (Å²) in [6.45, 7) is 0. The minimum absolute atomic E-state index is 0.474. The lowest BCUT2D eigenvalue weighted by molar-refractivity contribution is 0.957. The summed E-state index contributed by atoms with van der Waals surface area (Å²) in [5.74, 6) is 1.20. The molecule has 5 heteroatoms. The molecule has 3 aromatic rings. The molecule has 0 fully saturated rings. The second-order valence-corrected chi connectivity index (χ2v) is 4.52. The fourth-order valence-electron chi connectivity index (χ4n) is 1.94. The van der Waals surface area contributed by atoms with Crippen LogP contribution in [0.1, 0.15) is 0 Å². The van der Waals surface area contributed by atoms with Crippen LogP contribution in [-0.2, 0) is 0 Å². The summed E-state index contributed by atoms with van der Waals surface area (Å²) in [7, 11) is 1.95. The second kappa shape index (κ2) is 6.00. The van der Waals surface area contributed by atoms with E-state index in [0.29, 0.717) is 5.95 Å². The quantitative estimate of drug-likeness (QED) is 0.792. The van der Waals surface area contributed by atoms with Gasteiger partial charge >= 0.3 is 0 Å². The molecular weight excluding hydrogens is 262 g/mol. The van der Waals surface area contributed by atoms with Crippen molar-refractivity contribution in [3.8, 4) is 0 Å². The average molecular weight is 277 g/mol. The Labute approximate surface area is 123 Å². The Hall–Kier alpha value is -2.95. The van der Waals surface area contributed by atoms with E-state index in [2.05, 4.69) is 20.5 Å². The molecule has 0 aliphatic heterocycles. The first-order valence-electron chi connectivity index (χ1n) is 6.63. The average Bonchev–Trinajstić information content (AvgIpc) is 2.56. The van der Waals surface area contributed by atoms with Crippen LogP contribution in [0.3, 0.4) is 0 Å². The van der Waals surface area contributed by atoms with Crippen LogP contribution in [0.15, 0.2) is 66.9 Å². The largest absolute Gasteiger partial charge is 0.328 e. The van der Waals surface area contributed by atoms with Crippen LogP contribution in [-0.4, -0.2) is 22.2 Å². The predicted molar refractivity (Wildman–Crippen MR) is 84.1 cm³/mol. The number of nitrogens with one attached hydrogen (secondary N) is 1. The van der Waals surface area contributed by atoms with Crippen molar-refractivity contribution in [2.75, 3.05) is 17.3 Å². The van der Waals surface area contributed by atoms with Gasteiger partial charge in [-0.05, 0) is 24.3 Å². The molecule has 0 aliphatic carbocycles. The third-order valence-electron chi connectivity index (χ3n) is 3.06. The molecular formula is C16H15N5. The molecule has 0 atom stereocenters. The molecule has 1 N–H and O–H groups in total. The summed E-state index contributed by atoms with van der Waals surface area (Å²) in [4.78, 5) is 6.45. The van der Waals surface area contributed by atoms with Gasteiger partial charge in [-0.25, -0.2) is 0 Å². The highest BCUT2D eigenvalue weighted by molar-refractivity contribution is 5.60. The smallest absolute Gasteiger partial charge is 0.249 e. The third kappa shape index (κ3) is 3.14. The van der Waals surface area contributed by atoms with Crippen molar-refractivity contribution in [3.63, 3.8) is 0 Å². The van der Waals surface area contributed by atoms with Gasteiger partial charge in [-0.1, -0.05) is 36.4 Å². The predicted octanol–water partition coefficient (Wildman–Crippen LogP) is 3.38. The number of anilines is 4. The first kappa shape index (κ1) is 13.1. The van der Waals surface area contributed by atoms with Crippen LogP contribution in [0.25, 0.3) is 0 Å². The van der Waals surface area contributed by atoms with Crippen molar-refractivity contribution < 1.29 is 0 Å². The maximum absolute atomic E-state index is 4.49. The van der Waals surface area contributed by atoms with Crippen molar-refractivity contribution in [2.24, 2.45) is 0 Å². The van der Waals surface area contributed by atoms with Gasteiger partial charge in [0.05, 0.1) is 6.20 Å². The molecule has 1 heterocycles. The normalized spacial score (nSPS) is 10.1. The van der Waals surface area contributed by atoms with Crippen molar-refractivity contribution in [1.29, 1.82) is 0 Å². The van der Waals surface area contributed by atoms with E-state index >= 15 is 0 Å². The van der Waals surface area contributed by atoms with E-state index in [1.165, 1.54) is 0 Å². The van der Waals surface area contributed by atoms with Gasteiger partial charge in [-0.15, -0.1) is 5.10 Å². The lowest BCUT2D eigenvalue weighted by Crippen LogP contribution is -2.13. The highest BCUT2D eigenvalue weighted by Gasteiger charge is 2.07. The number of hydrogen-bond acceptors (Lipinski definition) is 5. The molecule has 3 rings (SSSR count). The fraction of sp³-hybridized carbons (Fsp3) is 0.0625. The maximum Gasteiger partial charge on any atom is 0.249 e. The van der Waals surface area contributed by atoms with Crippen LogP contribution in [0.5, 0.6) is 0 Å². The van der Waals surface area contributed by atoms with Gasteiger partial charge in [0.25, 0.3) is 0 Å². The Bertz CT molecular complexity index is 700. The highest BCUT2D eigenvalue weighted by Crippen LogP contribution is 2.21. The molecule has 0 saturated carbocycles. The van der Waals surface area contributed by atoms with Crippen LogP contribution < -0.4 is 10.2 Å². The van der Waals surface area contributed by atoms with Gasteiger partial charge in [0.15, 0.2) is 5.82 Å². The second-order valence-electron chi connectivity index (χ2n) is 4.52. The fourth-order valence-corrected chi connectivity index (χ4v) is 1.94. The molecule has 1 aromatic heterocycles. The van der Waals surface area contributed by atoms with Crippen molar-refractivity contribution in [2.45, 2.75) is 0 Å². The standard InChI is InChI=1S/C16H15N5/c1-21(14-10-6-3-7-11-14)15-12-17-20-16(19-15)18-13-8-4-2-5-9-13/h2-12H,1H3,(H,18,19,20). The Balaban J connectivity index is 1.83. The van der Waals surface area contributed by atoms with E-state index in [0.717, 1.165) is 17.2 Å². The molecule has 0 aliphatic rings. The van der Waals surface area contributed by atoms with Crippen molar-refractivity contribution in [1.82, 2.24) is 15.2 Å². The lowest BCUT2D eigenvalue weighted by atomic mass is 10.3. The topological polar surface area (TPSA) is 53.9 Å². The van der Waals surface area contributed by atoms with E-state index in [9.17, 15) is 0 Å². The van der Waals surface area contributed by atoms with Crippen LogP contribution in [0.2, 0.25) is 0 Å². The van der Waals surface area contributed by atoms with Crippen LogP contribution >= 0.6 is 0 Å². The van der Waals surface area contributed by atoms with Crippen LogP contribution in [0, 0.1) is 0 Å². The Morgan fingerprint density at radius 2 is 1.57 bits per heavy atom. The molecule has 0 radical (unpaired) electrons. The zero-order valence-electron chi connectivity index (χ0n) is 11.6. The number of hydrogen-bond donors (Lipinski definition) is 1. The van der Waals surface area contributed by atoms with E-state index in [1.807, 2.05) is 72.6 Å². The summed E-state index contributed by atoms with van der Waals surface area (Å²) in [6.07, 6.45) is 1.64. The molecule has 0 bridgehead atoms. The van der Waals surface area contributed by atoms with Crippen molar-refractivity contribution >= 4 is 23.1 Å². The van der Waals surface area contributed by atoms with Gasteiger partial charge in [0, 0.05) is 18.4 Å². The zero-order valence-corrected chi connectivity index (χ0v) is 11.6. The molecule has 104 valence electrons. The minimum Gasteiger partial charge on any atom is -0.328 e. The number of para-hydroxylation sites is 2. The van der Waals surface area contributed by atoms with Crippen molar-refractivity contribution in [3.05, 3.63) is 66.9 Å². The summed E-state index contributed by atoms with van der Waals surface area (Å²) < 4.78 is 0. The van der Waals surface area contributed by atoms with Gasteiger partial charge < -0.3 is 10.2 Å². The Morgan fingerprint density at radius 1 is 0.905 bits per heavy atom. The van der Waals surface area contributed by atoms with Crippen LogP contribution in [0.4, 0.5) is 23.1 Å². The molecule has 5 nitrogen and oxygen atoms in total. The number of benzene rings is 2. The monoisotopic (exact) mass is 277 g/mol. The van der Waals surface area contributed by atoms with Gasteiger partial charge in [0.2, 0.25) is 5.95 Å². The Kier molecular flexibility index (Phi) is 3.73. The van der Waals surface area contributed by atoms with Gasteiger partial charge in [-0.2, -0.15) is 10.1 Å². The number of nitrogens with zero attached hydrogens (tertiary/aromatic N) is 4. The minimum atomic E-state index is 0.474. The molecule has 0 amide bonds. The van der Waals surface area contributed by atoms with E-state index in [4.69, 9.17) is 0 Å². The van der Waals surface area contributed by atoms with E-state index in [1.54, 1.807) is 6.20 Å². The van der Waals surface area contributed by atoms with E-state index < -0.39 is 0 Å². The number of rotatable bonds is 4. The molecule has 0 saturated heterocycles. The first-order chi connectivity index (χ1) is 10.3. The summed E-state index contributed by atoms with van der Waals surface area (Å²) >= 11 is 0. The van der Waals surface area contributed by atoms with Gasteiger partial charge in [0.1, 0.15) is 0 Å². The lowest BCUT2D eigenvalue weighted by Gasteiger charge is -2.18.